The van der Waals surface area contributed by atoms with E-state index in [1.54, 1.807) is 6.07 Å². The van der Waals surface area contributed by atoms with Crippen LogP contribution in [-0.4, -0.2) is 31.1 Å². The Labute approximate surface area is 194 Å². The van der Waals surface area contributed by atoms with Gasteiger partial charge in [-0.25, -0.2) is 9.07 Å². The van der Waals surface area contributed by atoms with Crippen molar-refractivity contribution in [2.45, 2.75) is 25.3 Å². The number of benzene rings is 3. The second-order valence-electron chi connectivity index (χ2n) is 8.54. The number of H-pyrrole nitrogens is 1. The number of nitrogens with one attached hydrogen (secondary N) is 2. The molecule has 0 atom stereocenters. The van der Waals surface area contributed by atoms with E-state index in [2.05, 4.69) is 38.0 Å². The normalized spacial score (nSPS) is 13.3. The number of fused-ring (bicyclic) bond motifs is 1. The van der Waals surface area contributed by atoms with Gasteiger partial charge in [-0.15, -0.1) is 5.10 Å². The van der Waals surface area contributed by atoms with Crippen LogP contribution in [0.4, 0.5) is 10.2 Å². The predicted molar refractivity (Wildman–Crippen MR) is 127 cm³/mol. The van der Waals surface area contributed by atoms with E-state index >= 15 is 0 Å². The van der Waals surface area contributed by atoms with Crippen molar-refractivity contribution in [3.05, 3.63) is 95.4 Å². The van der Waals surface area contributed by atoms with Gasteiger partial charge in [-0.2, -0.15) is 5.10 Å². The Morgan fingerprint density at radius 2 is 1.91 bits per heavy atom. The highest BCUT2D eigenvalue weighted by Crippen LogP contribution is 2.44. The number of rotatable bonds is 6. The van der Waals surface area contributed by atoms with Gasteiger partial charge in [0, 0.05) is 22.4 Å². The molecule has 2 N–H and O–H groups in total. The molecular formula is C26H21FN6O. The standard InChI is InChI=1S/C26H21FN6O/c27-20-8-4-7-19(13-20)26(34)28-25-21-14-18(11-12-22(21)29-31-25)23-24(17-9-10-17)33(32-30-23)15-16-5-2-1-3-6-16/h1-8,11-14,17H,9-10,15H2,(H2,28,29,31,34). The Hall–Kier alpha value is -4.33. The van der Waals surface area contributed by atoms with Gasteiger partial charge >= 0.3 is 0 Å². The van der Waals surface area contributed by atoms with Crippen molar-refractivity contribution >= 4 is 22.6 Å². The number of carbonyl (C=O) groups is 1. The fraction of sp³-hybridized carbons (Fsp3) is 0.154. The molecule has 0 bridgehead atoms. The maximum absolute atomic E-state index is 13.5. The van der Waals surface area contributed by atoms with Crippen LogP contribution in [0.25, 0.3) is 22.2 Å². The number of hydrogen-bond donors (Lipinski definition) is 2. The molecule has 0 spiro atoms. The molecule has 6 rings (SSSR count). The molecule has 0 aliphatic heterocycles. The average molecular weight is 452 g/mol. The number of aromatic nitrogens is 5. The molecule has 3 aromatic carbocycles. The molecule has 0 radical (unpaired) electrons. The summed E-state index contributed by atoms with van der Waals surface area (Å²) in [5.74, 6) is -0.0598. The highest BCUT2D eigenvalue weighted by atomic mass is 19.1. The van der Waals surface area contributed by atoms with E-state index in [-0.39, 0.29) is 5.56 Å². The Morgan fingerprint density at radius 1 is 1.06 bits per heavy atom. The SMILES string of the molecule is O=C(Nc1n[nH]c2ccc(-c3nnn(Cc4ccccc4)c3C3CC3)cc12)c1cccc(F)c1. The van der Waals surface area contributed by atoms with Gasteiger partial charge in [0.05, 0.1) is 17.8 Å². The third-order valence-corrected chi connectivity index (χ3v) is 6.07. The summed E-state index contributed by atoms with van der Waals surface area (Å²) in [5, 5.41) is 19.7. The lowest BCUT2D eigenvalue weighted by molar-refractivity contribution is 0.102. The molecule has 34 heavy (non-hydrogen) atoms. The molecule has 0 saturated heterocycles. The number of nitrogens with zero attached hydrogens (tertiary/aromatic N) is 4. The Bertz CT molecular complexity index is 1500. The highest BCUT2D eigenvalue weighted by molar-refractivity contribution is 6.08. The summed E-state index contributed by atoms with van der Waals surface area (Å²) in [6, 6.07) is 21.7. The molecule has 1 fully saturated rings. The molecule has 2 aromatic heterocycles. The summed E-state index contributed by atoms with van der Waals surface area (Å²) in [5.41, 5.74) is 5.08. The van der Waals surface area contributed by atoms with Gasteiger partial charge in [-0.1, -0.05) is 47.7 Å². The van der Waals surface area contributed by atoms with Crippen LogP contribution in [0.1, 0.15) is 40.4 Å². The zero-order chi connectivity index (χ0) is 23.1. The Morgan fingerprint density at radius 3 is 2.71 bits per heavy atom. The number of halogens is 1. The molecule has 8 heteroatoms. The monoisotopic (exact) mass is 452 g/mol. The van der Waals surface area contributed by atoms with Crippen LogP contribution in [0.5, 0.6) is 0 Å². The van der Waals surface area contributed by atoms with Crippen molar-refractivity contribution < 1.29 is 9.18 Å². The van der Waals surface area contributed by atoms with Gasteiger partial charge in [-0.3, -0.25) is 9.89 Å². The van der Waals surface area contributed by atoms with Crippen molar-refractivity contribution in [2.24, 2.45) is 0 Å². The summed E-state index contributed by atoms with van der Waals surface area (Å²) in [7, 11) is 0. The summed E-state index contributed by atoms with van der Waals surface area (Å²) >= 11 is 0. The predicted octanol–water partition coefficient (Wildman–Crippen LogP) is 5.14. The minimum atomic E-state index is -0.465. The second-order valence-corrected chi connectivity index (χ2v) is 8.54. The number of amides is 1. The smallest absolute Gasteiger partial charge is 0.256 e. The fourth-order valence-electron chi connectivity index (χ4n) is 4.23. The molecule has 5 aromatic rings. The van der Waals surface area contributed by atoms with Gasteiger partial charge in [0.15, 0.2) is 5.82 Å². The van der Waals surface area contributed by atoms with E-state index in [0.717, 1.165) is 40.7 Å². The molecular weight excluding hydrogens is 431 g/mol. The third-order valence-electron chi connectivity index (χ3n) is 6.07. The van der Waals surface area contributed by atoms with Crippen LogP contribution in [0, 0.1) is 5.82 Å². The average Bonchev–Trinajstić information content (AvgIpc) is 3.50. The Kier molecular flexibility index (Phi) is 4.91. The van der Waals surface area contributed by atoms with Crippen LogP contribution in [0.15, 0.2) is 72.8 Å². The van der Waals surface area contributed by atoms with E-state index in [4.69, 9.17) is 0 Å². The van der Waals surface area contributed by atoms with E-state index < -0.39 is 11.7 Å². The number of aromatic amines is 1. The topological polar surface area (TPSA) is 88.5 Å². The lowest BCUT2D eigenvalue weighted by Gasteiger charge is -2.08. The van der Waals surface area contributed by atoms with Crippen LogP contribution in [0.2, 0.25) is 0 Å². The van der Waals surface area contributed by atoms with Crippen LogP contribution < -0.4 is 5.32 Å². The molecule has 1 aliphatic rings. The van der Waals surface area contributed by atoms with E-state index in [1.807, 2.05) is 41.1 Å². The van der Waals surface area contributed by atoms with Crippen LogP contribution in [0.3, 0.4) is 0 Å². The molecule has 7 nitrogen and oxygen atoms in total. The minimum absolute atomic E-state index is 0.229. The lowest BCUT2D eigenvalue weighted by Crippen LogP contribution is -2.12. The first kappa shape index (κ1) is 20.3. The summed E-state index contributed by atoms with van der Waals surface area (Å²) in [6.07, 6.45) is 2.25. The lowest BCUT2D eigenvalue weighted by atomic mass is 10.1. The second kappa shape index (κ2) is 8.22. The quantitative estimate of drug-likeness (QED) is 0.373. The van der Waals surface area contributed by atoms with Crippen molar-refractivity contribution in [3.8, 4) is 11.3 Å². The van der Waals surface area contributed by atoms with Gasteiger partial charge in [-0.05, 0) is 48.7 Å². The first-order valence-corrected chi connectivity index (χ1v) is 11.2. The van der Waals surface area contributed by atoms with E-state index in [0.29, 0.717) is 18.3 Å². The minimum Gasteiger partial charge on any atom is -0.305 e. The number of carbonyl (C=O) groups excluding carboxylic acids is 1. The molecule has 1 aliphatic carbocycles. The summed E-state index contributed by atoms with van der Waals surface area (Å²) in [6.45, 7) is 0.669. The van der Waals surface area contributed by atoms with Crippen molar-refractivity contribution in [1.29, 1.82) is 0 Å². The number of anilines is 1. The van der Waals surface area contributed by atoms with Gasteiger partial charge < -0.3 is 5.32 Å². The molecule has 2 heterocycles. The maximum Gasteiger partial charge on any atom is 0.256 e. The van der Waals surface area contributed by atoms with E-state index in [9.17, 15) is 9.18 Å². The largest absolute Gasteiger partial charge is 0.305 e. The number of hydrogen-bond acceptors (Lipinski definition) is 4. The fourth-order valence-corrected chi connectivity index (χ4v) is 4.23. The van der Waals surface area contributed by atoms with Crippen molar-refractivity contribution in [3.63, 3.8) is 0 Å². The molecule has 1 amide bonds. The van der Waals surface area contributed by atoms with Gasteiger partial charge in [0.2, 0.25) is 0 Å². The van der Waals surface area contributed by atoms with Crippen LogP contribution in [-0.2, 0) is 6.54 Å². The first-order chi connectivity index (χ1) is 16.7. The zero-order valence-corrected chi connectivity index (χ0v) is 18.2. The summed E-state index contributed by atoms with van der Waals surface area (Å²) in [4.78, 5) is 12.6. The Balaban J connectivity index is 1.34. The van der Waals surface area contributed by atoms with Crippen molar-refractivity contribution in [2.75, 3.05) is 5.32 Å². The third kappa shape index (κ3) is 3.83. The maximum atomic E-state index is 13.5. The van der Waals surface area contributed by atoms with Gasteiger partial charge in [0.25, 0.3) is 5.91 Å². The molecule has 0 unspecified atom stereocenters. The van der Waals surface area contributed by atoms with Crippen LogP contribution >= 0.6 is 0 Å². The molecule has 168 valence electrons. The van der Waals surface area contributed by atoms with E-state index in [1.165, 1.54) is 23.8 Å². The van der Waals surface area contributed by atoms with Gasteiger partial charge in [0.1, 0.15) is 11.5 Å². The summed E-state index contributed by atoms with van der Waals surface area (Å²) < 4.78 is 15.5. The molecule has 1 saturated carbocycles. The highest BCUT2D eigenvalue weighted by Gasteiger charge is 2.32. The van der Waals surface area contributed by atoms with Crippen molar-refractivity contribution in [1.82, 2.24) is 25.2 Å². The first-order valence-electron chi connectivity index (χ1n) is 11.2. The zero-order valence-electron chi connectivity index (χ0n) is 18.2.